The number of thioether (sulfide) groups is 1. The lowest BCUT2D eigenvalue weighted by Gasteiger charge is -2.26. The number of nitrogens with one attached hydrogen (secondary N) is 1. The number of amides is 2. The van der Waals surface area contributed by atoms with E-state index >= 15 is 0 Å². The zero-order chi connectivity index (χ0) is 21.3. The Hall–Kier alpha value is -2.64. The third-order valence-electron chi connectivity index (χ3n) is 4.87. The van der Waals surface area contributed by atoms with Crippen LogP contribution in [0.2, 0.25) is 5.02 Å². The Bertz CT molecular complexity index is 1050. The van der Waals surface area contributed by atoms with Gasteiger partial charge in [-0.15, -0.1) is 0 Å². The van der Waals surface area contributed by atoms with Crippen molar-refractivity contribution in [1.29, 1.82) is 0 Å². The number of carbonyl (C=O) groups excluding carboxylic acids is 2. The molecule has 0 unspecified atom stereocenters. The van der Waals surface area contributed by atoms with E-state index < -0.39 is 11.3 Å². The van der Waals surface area contributed by atoms with Gasteiger partial charge in [0, 0.05) is 16.3 Å². The Morgan fingerprint density at radius 1 is 1.23 bits per heavy atom. The standard InChI is InChI=1S/C22H21ClN4O2S/c1-3-6-18-21(29)27-19(25-18)16-7-4-5-8-17(16)26-22(27)30-13(2)20(28)24-15-11-9-14(23)10-12-15/h4-5,7-13,18H,3,6H2,1-2H3,(H,24,28)/t13-,18+/m1/s1. The molecular formula is C22H21ClN4O2S. The van der Waals surface area contributed by atoms with Gasteiger partial charge in [0.1, 0.15) is 11.9 Å². The highest BCUT2D eigenvalue weighted by molar-refractivity contribution is 8.15. The van der Waals surface area contributed by atoms with Gasteiger partial charge < -0.3 is 5.32 Å². The smallest absolute Gasteiger partial charge is 0.259 e. The fourth-order valence-corrected chi connectivity index (χ4v) is 4.37. The predicted octanol–water partition coefficient (Wildman–Crippen LogP) is 4.86. The molecule has 2 amide bonds. The lowest BCUT2D eigenvalue weighted by Crippen LogP contribution is -2.42. The molecule has 30 heavy (non-hydrogen) atoms. The van der Waals surface area contributed by atoms with Crippen LogP contribution in [0.15, 0.2) is 58.5 Å². The van der Waals surface area contributed by atoms with E-state index in [1.165, 1.54) is 11.8 Å². The summed E-state index contributed by atoms with van der Waals surface area (Å²) in [6.07, 6.45) is 1.55. The molecule has 0 aromatic heterocycles. The zero-order valence-corrected chi connectivity index (χ0v) is 18.2. The number of carbonyl (C=O) groups is 2. The quantitative estimate of drug-likeness (QED) is 0.721. The van der Waals surface area contributed by atoms with E-state index in [1.54, 1.807) is 36.1 Å². The Balaban J connectivity index is 1.58. The molecule has 0 saturated heterocycles. The molecule has 8 heteroatoms. The summed E-state index contributed by atoms with van der Waals surface area (Å²) in [6.45, 7) is 3.82. The number of hydrogen-bond acceptors (Lipinski definition) is 5. The van der Waals surface area contributed by atoms with Crippen molar-refractivity contribution in [2.24, 2.45) is 9.98 Å². The number of halogens is 1. The van der Waals surface area contributed by atoms with Crippen molar-refractivity contribution < 1.29 is 9.59 Å². The minimum Gasteiger partial charge on any atom is -0.325 e. The molecule has 2 aromatic rings. The van der Waals surface area contributed by atoms with E-state index in [4.69, 9.17) is 11.6 Å². The van der Waals surface area contributed by atoms with Gasteiger partial charge in [0.2, 0.25) is 5.91 Å². The Morgan fingerprint density at radius 2 is 1.97 bits per heavy atom. The number of hydrogen-bond donors (Lipinski definition) is 1. The van der Waals surface area contributed by atoms with Crippen LogP contribution in [0, 0.1) is 0 Å². The predicted molar refractivity (Wildman–Crippen MR) is 123 cm³/mol. The van der Waals surface area contributed by atoms with Gasteiger partial charge >= 0.3 is 0 Å². The molecule has 0 bridgehead atoms. The van der Waals surface area contributed by atoms with Gasteiger partial charge in [-0.05, 0) is 49.7 Å². The Kier molecular flexibility index (Phi) is 5.92. The molecule has 0 saturated carbocycles. The van der Waals surface area contributed by atoms with Crippen LogP contribution < -0.4 is 5.32 Å². The van der Waals surface area contributed by atoms with Gasteiger partial charge in [0.15, 0.2) is 5.17 Å². The highest BCUT2D eigenvalue weighted by Crippen LogP contribution is 2.35. The van der Waals surface area contributed by atoms with E-state index in [2.05, 4.69) is 15.3 Å². The number of fused-ring (bicyclic) bond motifs is 3. The number of para-hydroxylation sites is 1. The van der Waals surface area contributed by atoms with Crippen LogP contribution in [0.5, 0.6) is 0 Å². The van der Waals surface area contributed by atoms with E-state index in [0.29, 0.717) is 28.1 Å². The summed E-state index contributed by atoms with van der Waals surface area (Å²) in [5.41, 5.74) is 2.26. The van der Waals surface area contributed by atoms with Crippen LogP contribution in [0.25, 0.3) is 0 Å². The number of anilines is 1. The summed E-state index contributed by atoms with van der Waals surface area (Å²) >= 11 is 7.15. The Morgan fingerprint density at radius 3 is 2.70 bits per heavy atom. The second kappa shape index (κ2) is 8.62. The lowest BCUT2D eigenvalue weighted by molar-refractivity contribution is -0.124. The maximum atomic E-state index is 13.0. The van der Waals surface area contributed by atoms with Gasteiger partial charge in [0.05, 0.1) is 10.9 Å². The summed E-state index contributed by atoms with van der Waals surface area (Å²) in [6, 6.07) is 14.2. The van der Waals surface area contributed by atoms with Gasteiger partial charge in [-0.1, -0.05) is 48.8 Å². The van der Waals surface area contributed by atoms with Gasteiger partial charge in [-0.25, -0.2) is 9.89 Å². The van der Waals surface area contributed by atoms with E-state index in [0.717, 1.165) is 17.7 Å². The number of aliphatic imine (C=N–C) groups is 2. The molecule has 0 fully saturated rings. The molecule has 4 rings (SSSR count). The van der Waals surface area contributed by atoms with Gasteiger partial charge in [0.25, 0.3) is 5.91 Å². The molecule has 2 aliphatic heterocycles. The average Bonchev–Trinajstić information content (AvgIpc) is 3.07. The zero-order valence-electron chi connectivity index (χ0n) is 16.6. The fourth-order valence-electron chi connectivity index (χ4n) is 3.33. The van der Waals surface area contributed by atoms with Gasteiger partial charge in [-0.3, -0.25) is 14.6 Å². The molecule has 0 aliphatic carbocycles. The molecule has 0 radical (unpaired) electrons. The molecule has 154 valence electrons. The number of benzene rings is 2. The average molecular weight is 441 g/mol. The summed E-state index contributed by atoms with van der Waals surface area (Å²) in [5.74, 6) is 0.355. The summed E-state index contributed by atoms with van der Waals surface area (Å²) in [7, 11) is 0. The molecule has 0 spiro atoms. The second-order valence-corrected chi connectivity index (χ2v) is 8.84. The molecule has 2 aliphatic rings. The van der Waals surface area contributed by atoms with Crippen molar-refractivity contribution in [2.45, 2.75) is 38.0 Å². The van der Waals surface area contributed by atoms with Gasteiger partial charge in [-0.2, -0.15) is 0 Å². The van der Waals surface area contributed by atoms with Crippen LogP contribution in [-0.4, -0.2) is 39.0 Å². The maximum Gasteiger partial charge on any atom is 0.259 e. The number of rotatable bonds is 5. The normalized spacial score (nSPS) is 18.3. The minimum absolute atomic E-state index is 0.0853. The van der Waals surface area contributed by atoms with Crippen molar-refractivity contribution in [3.05, 3.63) is 59.1 Å². The molecular weight excluding hydrogens is 420 g/mol. The summed E-state index contributed by atoms with van der Waals surface area (Å²) < 4.78 is 0. The van der Waals surface area contributed by atoms with E-state index in [9.17, 15) is 9.59 Å². The summed E-state index contributed by atoms with van der Waals surface area (Å²) in [5, 5.41) is 3.49. The first-order valence-electron chi connectivity index (χ1n) is 9.81. The first-order valence-corrected chi connectivity index (χ1v) is 11.1. The fraction of sp³-hybridized carbons (Fsp3) is 0.273. The summed E-state index contributed by atoms with van der Waals surface area (Å²) in [4.78, 5) is 36.7. The SMILES string of the molecule is CCC[C@@H]1N=C2c3ccccc3N=C(S[C@H](C)C(=O)Nc3ccc(Cl)cc3)N2C1=O. The molecule has 1 N–H and O–H groups in total. The molecule has 6 nitrogen and oxygen atoms in total. The number of amidine groups is 2. The third-order valence-corrected chi connectivity index (χ3v) is 6.18. The van der Waals surface area contributed by atoms with Crippen LogP contribution in [0.4, 0.5) is 11.4 Å². The monoisotopic (exact) mass is 440 g/mol. The minimum atomic E-state index is -0.469. The van der Waals surface area contributed by atoms with Crippen molar-refractivity contribution >= 4 is 57.6 Å². The van der Waals surface area contributed by atoms with Crippen molar-refractivity contribution in [3.63, 3.8) is 0 Å². The van der Waals surface area contributed by atoms with E-state index in [1.807, 2.05) is 31.2 Å². The van der Waals surface area contributed by atoms with Crippen LogP contribution in [0.3, 0.4) is 0 Å². The first-order chi connectivity index (χ1) is 14.5. The van der Waals surface area contributed by atoms with E-state index in [-0.39, 0.29) is 11.8 Å². The van der Waals surface area contributed by atoms with Crippen LogP contribution >= 0.6 is 23.4 Å². The lowest BCUT2D eigenvalue weighted by atomic mass is 10.1. The highest BCUT2D eigenvalue weighted by Gasteiger charge is 2.41. The highest BCUT2D eigenvalue weighted by atomic mass is 35.5. The van der Waals surface area contributed by atoms with Crippen molar-refractivity contribution in [3.8, 4) is 0 Å². The van der Waals surface area contributed by atoms with Crippen LogP contribution in [-0.2, 0) is 9.59 Å². The number of nitrogens with zero attached hydrogens (tertiary/aromatic N) is 3. The van der Waals surface area contributed by atoms with Crippen LogP contribution in [0.1, 0.15) is 32.3 Å². The topological polar surface area (TPSA) is 74.1 Å². The largest absolute Gasteiger partial charge is 0.325 e. The first kappa shape index (κ1) is 20.6. The second-order valence-electron chi connectivity index (χ2n) is 7.10. The molecule has 2 aromatic carbocycles. The van der Waals surface area contributed by atoms with Crippen molar-refractivity contribution in [1.82, 2.24) is 4.90 Å². The Labute approximate surface area is 184 Å². The molecule has 2 heterocycles. The van der Waals surface area contributed by atoms with Crippen molar-refractivity contribution in [2.75, 3.05) is 5.32 Å². The molecule has 2 atom stereocenters. The third kappa shape index (κ3) is 4.00. The maximum absolute atomic E-state index is 13.0.